The molecule has 3 nitrogen and oxygen atoms in total. The summed E-state index contributed by atoms with van der Waals surface area (Å²) in [6.45, 7) is 2.20. The SMILES string of the molecule is CCOc1cc(Nc2ccc(Br)cc2)c(N)cc1F. The monoisotopic (exact) mass is 324 g/mol. The summed E-state index contributed by atoms with van der Waals surface area (Å²) in [6.07, 6.45) is 0. The Bertz CT molecular complexity index is 572. The van der Waals surface area contributed by atoms with Crippen molar-refractivity contribution in [1.29, 1.82) is 0 Å². The molecule has 3 N–H and O–H groups in total. The quantitative estimate of drug-likeness (QED) is 0.824. The molecule has 0 saturated heterocycles. The number of nitrogens with one attached hydrogen (secondary N) is 1. The number of hydrogen-bond donors (Lipinski definition) is 2. The maximum atomic E-state index is 13.6. The van der Waals surface area contributed by atoms with Crippen LogP contribution in [0.2, 0.25) is 0 Å². The third-order valence-corrected chi connectivity index (χ3v) is 3.06. The van der Waals surface area contributed by atoms with E-state index in [1.165, 1.54) is 6.07 Å². The fourth-order valence-electron chi connectivity index (χ4n) is 1.63. The highest BCUT2D eigenvalue weighted by molar-refractivity contribution is 9.10. The molecule has 0 radical (unpaired) electrons. The van der Waals surface area contributed by atoms with Crippen LogP contribution in [0.3, 0.4) is 0 Å². The molecule has 0 fully saturated rings. The summed E-state index contributed by atoms with van der Waals surface area (Å²) in [5, 5.41) is 3.13. The average molecular weight is 325 g/mol. The van der Waals surface area contributed by atoms with E-state index in [1.807, 2.05) is 24.3 Å². The Balaban J connectivity index is 2.28. The summed E-state index contributed by atoms with van der Waals surface area (Å²) in [6, 6.07) is 10.4. The first kappa shape index (κ1) is 13.7. The van der Waals surface area contributed by atoms with E-state index in [1.54, 1.807) is 13.0 Å². The first-order valence-corrected chi connectivity index (χ1v) is 6.64. The van der Waals surface area contributed by atoms with Crippen LogP contribution in [0.1, 0.15) is 6.92 Å². The minimum absolute atomic E-state index is 0.191. The average Bonchev–Trinajstić information content (AvgIpc) is 2.38. The molecule has 0 atom stereocenters. The maximum Gasteiger partial charge on any atom is 0.167 e. The molecule has 0 amide bonds. The van der Waals surface area contributed by atoms with Gasteiger partial charge in [-0.1, -0.05) is 15.9 Å². The normalized spacial score (nSPS) is 10.3. The molecular weight excluding hydrogens is 311 g/mol. The smallest absolute Gasteiger partial charge is 0.167 e. The number of halogens is 2. The van der Waals surface area contributed by atoms with E-state index in [9.17, 15) is 4.39 Å². The molecule has 0 aromatic heterocycles. The van der Waals surface area contributed by atoms with Crippen molar-refractivity contribution in [2.24, 2.45) is 0 Å². The minimum atomic E-state index is -0.458. The van der Waals surface area contributed by atoms with Gasteiger partial charge in [-0.2, -0.15) is 0 Å². The minimum Gasteiger partial charge on any atom is -0.491 e. The zero-order valence-electron chi connectivity index (χ0n) is 10.4. The summed E-state index contributed by atoms with van der Waals surface area (Å²) < 4.78 is 19.8. The van der Waals surface area contributed by atoms with Crippen molar-refractivity contribution < 1.29 is 9.13 Å². The Hall–Kier alpha value is -1.75. The predicted molar refractivity (Wildman–Crippen MR) is 79.4 cm³/mol. The van der Waals surface area contributed by atoms with Gasteiger partial charge in [-0.05, 0) is 31.2 Å². The first-order chi connectivity index (χ1) is 9.10. The Morgan fingerprint density at radius 3 is 2.58 bits per heavy atom. The molecule has 0 aliphatic rings. The van der Waals surface area contributed by atoms with Crippen LogP contribution < -0.4 is 15.8 Å². The topological polar surface area (TPSA) is 47.3 Å². The van der Waals surface area contributed by atoms with Crippen molar-refractivity contribution in [2.45, 2.75) is 6.92 Å². The van der Waals surface area contributed by atoms with Crippen molar-refractivity contribution >= 4 is 33.0 Å². The molecule has 0 unspecified atom stereocenters. The zero-order chi connectivity index (χ0) is 13.8. The van der Waals surface area contributed by atoms with Gasteiger partial charge in [0.15, 0.2) is 11.6 Å². The predicted octanol–water partition coefficient (Wildman–Crippen LogP) is 4.31. The molecule has 19 heavy (non-hydrogen) atoms. The highest BCUT2D eigenvalue weighted by Crippen LogP contribution is 2.30. The van der Waals surface area contributed by atoms with Gasteiger partial charge in [0.25, 0.3) is 0 Å². The van der Waals surface area contributed by atoms with Gasteiger partial charge in [-0.3, -0.25) is 0 Å². The van der Waals surface area contributed by atoms with Gasteiger partial charge >= 0.3 is 0 Å². The standard InChI is InChI=1S/C14H14BrFN2O/c1-2-19-14-8-13(12(17)7-11(14)16)18-10-5-3-9(15)4-6-10/h3-8,18H,2,17H2,1H3. The Morgan fingerprint density at radius 1 is 1.26 bits per heavy atom. The van der Waals surface area contributed by atoms with Gasteiger partial charge in [0.2, 0.25) is 0 Å². The van der Waals surface area contributed by atoms with E-state index in [0.717, 1.165) is 10.2 Å². The third kappa shape index (κ3) is 3.38. The lowest BCUT2D eigenvalue weighted by Gasteiger charge is -2.12. The first-order valence-electron chi connectivity index (χ1n) is 5.84. The third-order valence-electron chi connectivity index (χ3n) is 2.53. The number of nitrogens with two attached hydrogens (primary N) is 1. The second kappa shape index (κ2) is 5.93. The van der Waals surface area contributed by atoms with Gasteiger partial charge in [-0.15, -0.1) is 0 Å². The second-order valence-corrected chi connectivity index (χ2v) is 4.85. The number of nitrogen functional groups attached to an aromatic ring is 1. The van der Waals surface area contributed by atoms with Crippen LogP contribution in [0.25, 0.3) is 0 Å². The summed E-state index contributed by atoms with van der Waals surface area (Å²) >= 11 is 3.36. The summed E-state index contributed by atoms with van der Waals surface area (Å²) in [7, 11) is 0. The number of hydrogen-bond acceptors (Lipinski definition) is 3. The molecule has 0 aliphatic carbocycles. The summed E-state index contributed by atoms with van der Waals surface area (Å²) in [5.74, 6) is -0.267. The van der Waals surface area contributed by atoms with Gasteiger partial charge in [0.05, 0.1) is 18.0 Å². The van der Waals surface area contributed by atoms with Crippen LogP contribution in [-0.2, 0) is 0 Å². The van der Waals surface area contributed by atoms with Crippen LogP contribution in [0.4, 0.5) is 21.5 Å². The van der Waals surface area contributed by atoms with E-state index in [4.69, 9.17) is 10.5 Å². The van der Waals surface area contributed by atoms with Crippen molar-refractivity contribution in [3.8, 4) is 5.75 Å². The van der Waals surface area contributed by atoms with Crippen LogP contribution >= 0.6 is 15.9 Å². The van der Waals surface area contributed by atoms with Crippen molar-refractivity contribution in [3.05, 3.63) is 46.7 Å². The molecule has 2 aromatic carbocycles. The van der Waals surface area contributed by atoms with Crippen LogP contribution in [0.5, 0.6) is 5.75 Å². The largest absolute Gasteiger partial charge is 0.491 e. The highest BCUT2D eigenvalue weighted by atomic mass is 79.9. The lowest BCUT2D eigenvalue weighted by atomic mass is 10.2. The fraction of sp³-hybridized carbons (Fsp3) is 0.143. The van der Waals surface area contributed by atoms with Gasteiger partial charge in [0, 0.05) is 22.3 Å². The second-order valence-electron chi connectivity index (χ2n) is 3.93. The van der Waals surface area contributed by atoms with E-state index >= 15 is 0 Å². The maximum absolute atomic E-state index is 13.6. The molecule has 100 valence electrons. The van der Waals surface area contributed by atoms with Gasteiger partial charge in [0.1, 0.15) is 0 Å². The van der Waals surface area contributed by atoms with Gasteiger partial charge in [-0.25, -0.2) is 4.39 Å². The summed E-state index contributed by atoms with van der Waals surface area (Å²) in [5.41, 5.74) is 7.62. The van der Waals surface area contributed by atoms with E-state index in [-0.39, 0.29) is 5.75 Å². The molecule has 0 spiro atoms. The Morgan fingerprint density at radius 2 is 1.95 bits per heavy atom. The highest BCUT2D eigenvalue weighted by Gasteiger charge is 2.09. The molecule has 0 saturated carbocycles. The molecule has 2 rings (SSSR count). The van der Waals surface area contributed by atoms with E-state index < -0.39 is 5.82 Å². The lowest BCUT2D eigenvalue weighted by molar-refractivity contribution is 0.322. The van der Waals surface area contributed by atoms with Gasteiger partial charge < -0.3 is 15.8 Å². The van der Waals surface area contributed by atoms with E-state index in [2.05, 4.69) is 21.2 Å². The number of rotatable bonds is 4. The van der Waals surface area contributed by atoms with Crippen LogP contribution in [0, 0.1) is 5.82 Å². The number of ether oxygens (including phenoxy) is 1. The van der Waals surface area contributed by atoms with Crippen molar-refractivity contribution in [2.75, 3.05) is 17.7 Å². The molecule has 2 aromatic rings. The molecule has 0 bridgehead atoms. The van der Waals surface area contributed by atoms with Crippen LogP contribution in [0.15, 0.2) is 40.9 Å². The zero-order valence-corrected chi connectivity index (χ0v) is 12.0. The molecule has 0 aliphatic heterocycles. The Kier molecular flexibility index (Phi) is 4.27. The Labute approximate surface area is 119 Å². The molecular formula is C14H14BrFN2O. The van der Waals surface area contributed by atoms with Crippen molar-refractivity contribution in [3.63, 3.8) is 0 Å². The molecule has 0 heterocycles. The number of anilines is 3. The lowest BCUT2D eigenvalue weighted by Crippen LogP contribution is -2.01. The van der Waals surface area contributed by atoms with Crippen LogP contribution in [-0.4, -0.2) is 6.61 Å². The van der Waals surface area contributed by atoms with E-state index in [0.29, 0.717) is 18.0 Å². The van der Waals surface area contributed by atoms with Crippen molar-refractivity contribution in [1.82, 2.24) is 0 Å². The molecule has 5 heteroatoms. The fourth-order valence-corrected chi connectivity index (χ4v) is 1.90. The summed E-state index contributed by atoms with van der Waals surface area (Å²) in [4.78, 5) is 0. The number of benzene rings is 2.